The number of rotatable bonds is 4. The molecular formula is C18H16N2O. The second kappa shape index (κ2) is 5.75. The number of Topliss-reactive ketones (excluding diaryl/α,β-unsaturated/α-hetero) is 1. The summed E-state index contributed by atoms with van der Waals surface area (Å²) in [5.74, 6) is 0.168. The lowest BCUT2D eigenvalue weighted by Gasteiger charge is -2.01. The lowest BCUT2D eigenvalue weighted by atomic mass is 10.0. The van der Waals surface area contributed by atoms with E-state index in [4.69, 9.17) is 0 Å². The number of carbonyl (C=O) groups is 1. The van der Waals surface area contributed by atoms with Gasteiger partial charge in [-0.1, -0.05) is 49.4 Å². The third kappa shape index (κ3) is 2.77. The van der Waals surface area contributed by atoms with Gasteiger partial charge in [-0.05, 0) is 17.7 Å². The zero-order chi connectivity index (χ0) is 14.7. The standard InChI is InChI=1S/C18H16N2O/c1-2-18(21)15-10-8-14(9-11-15)16-12-19-20(13-16)17-6-4-3-5-7-17/h3-13H,2H2,1H3. The molecule has 0 unspecified atom stereocenters. The van der Waals surface area contributed by atoms with Crippen LogP contribution in [0.25, 0.3) is 16.8 Å². The molecule has 0 N–H and O–H groups in total. The monoisotopic (exact) mass is 276 g/mol. The molecule has 0 saturated heterocycles. The Morgan fingerprint density at radius 2 is 1.71 bits per heavy atom. The molecule has 3 aromatic rings. The molecule has 104 valence electrons. The first-order valence-corrected chi connectivity index (χ1v) is 7.01. The fourth-order valence-corrected chi connectivity index (χ4v) is 2.25. The van der Waals surface area contributed by atoms with Crippen LogP contribution in [0.1, 0.15) is 23.7 Å². The Bertz CT molecular complexity index is 742. The van der Waals surface area contributed by atoms with Gasteiger partial charge in [0.1, 0.15) is 0 Å². The van der Waals surface area contributed by atoms with Crippen molar-refractivity contribution >= 4 is 5.78 Å². The van der Waals surface area contributed by atoms with Crippen molar-refractivity contribution in [2.75, 3.05) is 0 Å². The minimum absolute atomic E-state index is 0.168. The summed E-state index contributed by atoms with van der Waals surface area (Å²) < 4.78 is 1.85. The normalized spacial score (nSPS) is 10.5. The smallest absolute Gasteiger partial charge is 0.162 e. The Hall–Kier alpha value is -2.68. The lowest BCUT2D eigenvalue weighted by molar-refractivity contribution is 0.0988. The van der Waals surface area contributed by atoms with Crippen LogP contribution in [-0.2, 0) is 0 Å². The van der Waals surface area contributed by atoms with Gasteiger partial charge >= 0.3 is 0 Å². The summed E-state index contributed by atoms with van der Waals surface area (Å²) in [6.07, 6.45) is 4.36. The molecule has 0 aliphatic carbocycles. The molecule has 0 spiro atoms. The van der Waals surface area contributed by atoms with E-state index in [9.17, 15) is 4.79 Å². The molecule has 0 aliphatic heterocycles. The Morgan fingerprint density at radius 3 is 2.38 bits per heavy atom. The summed E-state index contributed by atoms with van der Waals surface area (Å²) in [5, 5.41) is 4.39. The predicted molar refractivity (Wildman–Crippen MR) is 83.6 cm³/mol. The highest BCUT2D eigenvalue weighted by atomic mass is 16.1. The van der Waals surface area contributed by atoms with Crippen LogP contribution in [0.4, 0.5) is 0 Å². The highest BCUT2D eigenvalue weighted by molar-refractivity contribution is 5.96. The summed E-state index contributed by atoms with van der Waals surface area (Å²) in [6.45, 7) is 1.88. The third-order valence-corrected chi connectivity index (χ3v) is 3.46. The van der Waals surface area contributed by atoms with Gasteiger partial charge in [-0.15, -0.1) is 0 Å². The molecule has 0 bridgehead atoms. The van der Waals surface area contributed by atoms with Crippen LogP contribution in [0.3, 0.4) is 0 Å². The summed E-state index contributed by atoms with van der Waals surface area (Å²) in [4.78, 5) is 11.6. The fraction of sp³-hybridized carbons (Fsp3) is 0.111. The maximum Gasteiger partial charge on any atom is 0.162 e. The molecule has 0 aliphatic rings. The van der Waals surface area contributed by atoms with E-state index in [0.717, 1.165) is 22.4 Å². The molecule has 2 aromatic carbocycles. The molecule has 0 fully saturated rings. The molecule has 3 nitrogen and oxygen atoms in total. The molecule has 3 heteroatoms. The lowest BCUT2D eigenvalue weighted by Crippen LogP contribution is -1.95. The van der Waals surface area contributed by atoms with Crippen LogP contribution in [0, 0.1) is 0 Å². The SMILES string of the molecule is CCC(=O)c1ccc(-c2cnn(-c3ccccc3)c2)cc1. The summed E-state index contributed by atoms with van der Waals surface area (Å²) in [6, 6.07) is 17.7. The van der Waals surface area contributed by atoms with Gasteiger partial charge in [-0.3, -0.25) is 4.79 Å². The van der Waals surface area contributed by atoms with Gasteiger partial charge in [0.25, 0.3) is 0 Å². The zero-order valence-corrected chi connectivity index (χ0v) is 11.9. The predicted octanol–water partition coefficient (Wildman–Crippen LogP) is 4.13. The van der Waals surface area contributed by atoms with Crippen LogP contribution < -0.4 is 0 Å². The van der Waals surface area contributed by atoms with E-state index >= 15 is 0 Å². The van der Waals surface area contributed by atoms with Crippen molar-refractivity contribution in [2.24, 2.45) is 0 Å². The van der Waals surface area contributed by atoms with Gasteiger partial charge in [0.15, 0.2) is 5.78 Å². The first-order valence-electron chi connectivity index (χ1n) is 7.01. The Balaban J connectivity index is 1.88. The van der Waals surface area contributed by atoms with Crippen LogP contribution in [-0.4, -0.2) is 15.6 Å². The van der Waals surface area contributed by atoms with E-state index < -0.39 is 0 Å². The molecule has 0 atom stereocenters. The second-order valence-electron chi connectivity index (χ2n) is 4.86. The number of hydrogen-bond donors (Lipinski definition) is 0. The summed E-state index contributed by atoms with van der Waals surface area (Å²) in [7, 11) is 0. The van der Waals surface area contributed by atoms with E-state index in [1.54, 1.807) is 0 Å². The van der Waals surface area contributed by atoms with Crippen LogP contribution >= 0.6 is 0 Å². The quantitative estimate of drug-likeness (QED) is 0.671. The van der Waals surface area contributed by atoms with Crippen LogP contribution in [0.15, 0.2) is 67.0 Å². The fourth-order valence-electron chi connectivity index (χ4n) is 2.25. The maximum absolute atomic E-state index is 11.6. The molecule has 21 heavy (non-hydrogen) atoms. The number of nitrogens with zero attached hydrogens (tertiary/aromatic N) is 2. The topological polar surface area (TPSA) is 34.9 Å². The maximum atomic E-state index is 11.6. The number of benzene rings is 2. The molecule has 3 rings (SSSR count). The van der Waals surface area contributed by atoms with Crippen molar-refractivity contribution in [3.63, 3.8) is 0 Å². The average Bonchev–Trinajstić information content (AvgIpc) is 3.05. The van der Waals surface area contributed by atoms with Gasteiger partial charge in [0.05, 0.1) is 11.9 Å². The van der Waals surface area contributed by atoms with E-state index in [0.29, 0.717) is 6.42 Å². The molecule has 0 radical (unpaired) electrons. The van der Waals surface area contributed by atoms with Crippen LogP contribution in [0.2, 0.25) is 0 Å². The Labute approximate surface area is 123 Å². The molecule has 0 amide bonds. The zero-order valence-electron chi connectivity index (χ0n) is 11.9. The molecular weight excluding hydrogens is 260 g/mol. The number of hydrogen-bond acceptors (Lipinski definition) is 2. The van der Waals surface area contributed by atoms with Crippen molar-refractivity contribution in [3.05, 3.63) is 72.6 Å². The molecule has 1 aromatic heterocycles. The first-order chi connectivity index (χ1) is 10.3. The molecule has 1 heterocycles. The number of ketones is 1. The minimum Gasteiger partial charge on any atom is -0.294 e. The van der Waals surface area contributed by atoms with Crippen LogP contribution in [0.5, 0.6) is 0 Å². The summed E-state index contributed by atoms with van der Waals surface area (Å²) >= 11 is 0. The highest BCUT2D eigenvalue weighted by Crippen LogP contribution is 2.21. The van der Waals surface area contributed by atoms with Gasteiger partial charge in [0.2, 0.25) is 0 Å². The number of aromatic nitrogens is 2. The van der Waals surface area contributed by atoms with Crippen molar-refractivity contribution < 1.29 is 4.79 Å². The van der Waals surface area contributed by atoms with E-state index in [1.165, 1.54) is 0 Å². The number of carbonyl (C=O) groups excluding carboxylic acids is 1. The Morgan fingerprint density at radius 1 is 1.00 bits per heavy atom. The van der Waals surface area contributed by atoms with Crippen molar-refractivity contribution in [1.82, 2.24) is 9.78 Å². The second-order valence-corrected chi connectivity index (χ2v) is 4.86. The van der Waals surface area contributed by atoms with E-state index in [2.05, 4.69) is 5.10 Å². The summed E-state index contributed by atoms with van der Waals surface area (Å²) in [5.41, 5.74) is 3.89. The van der Waals surface area contributed by atoms with E-state index in [-0.39, 0.29) is 5.78 Å². The average molecular weight is 276 g/mol. The first kappa shape index (κ1) is 13.3. The van der Waals surface area contributed by atoms with Gasteiger partial charge in [-0.2, -0.15) is 5.10 Å². The minimum atomic E-state index is 0.168. The van der Waals surface area contributed by atoms with E-state index in [1.807, 2.05) is 78.6 Å². The van der Waals surface area contributed by atoms with Gasteiger partial charge < -0.3 is 0 Å². The van der Waals surface area contributed by atoms with Crippen molar-refractivity contribution in [1.29, 1.82) is 0 Å². The third-order valence-electron chi connectivity index (χ3n) is 3.46. The van der Waals surface area contributed by atoms with Gasteiger partial charge in [0, 0.05) is 23.7 Å². The molecule has 0 saturated carbocycles. The Kier molecular flexibility index (Phi) is 3.65. The van der Waals surface area contributed by atoms with Crippen molar-refractivity contribution in [2.45, 2.75) is 13.3 Å². The highest BCUT2D eigenvalue weighted by Gasteiger charge is 2.06. The number of para-hydroxylation sites is 1. The van der Waals surface area contributed by atoms with Gasteiger partial charge in [-0.25, -0.2) is 4.68 Å². The largest absolute Gasteiger partial charge is 0.294 e. The van der Waals surface area contributed by atoms with Crippen molar-refractivity contribution in [3.8, 4) is 16.8 Å².